The number of carbonyl (C=O) groups excluding carboxylic acids is 1. The van der Waals surface area contributed by atoms with Gasteiger partial charge in [0.05, 0.1) is 19.1 Å². The first-order valence-corrected chi connectivity index (χ1v) is 7.96. The van der Waals surface area contributed by atoms with E-state index in [2.05, 4.69) is 36.5 Å². The van der Waals surface area contributed by atoms with Crippen LogP contribution in [0.5, 0.6) is 0 Å². The van der Waals surface area contributed by atoms with Crippen LogP contribution < -0.4 is 5.32 Å². The molecular formula is C17H24N2O2. The molecule has 1 fully saturated rings. The fraction of sp³-hybridized carbons (Fsp3) is 0.588. The molecule has 2 heterocycles. The molecule has 21 heavy (non-hydrogen) atoms. The number of benzene rings is 1. The van der Waals surface area contributed by atoms with Gasteiger partial charge < -0.3 is 15.0 Å². The number of ether oxygens (including phenoxy) is 1. The maximum atomic E-state index is 12.8. The second-order valence-electron chi connectivity index (χ2n) is 5.98. The van der Waals surface area contributed by atoms with Gasteiger partial charge in [0.15, 0.2) is 0 Å². The van der Waals surface area contributed by atoms with Crippen LogP contribution in [0.2, 0.25) is 0 Å². The Morgan fingerprint density at radius 2 is 2.14 bits per heavy atom. The van der Waals surface area contributed by atoms with E-state index in [0.717, 1.165) is 32.5 Å². The molecule has 0 saturated carbocycles. The van der Waals surface area contributed by atoms with E-state index in [4.69, 9.17) is 4.74 Å². The summed E-state index contributed by atoms with van der Waals surface area (Å²) in [7, 11) is 0. The molecule has 2 unspecified atom stereocenters. The van der Waals surface area contributed by atoms with Crippen molar-refractivity contribution in [2.24, 2.45) is 5.92 Å². The molecule has 4 heteroatoms. The van der Waals surface area contributed by atoms with Gasteiger partial charge in [-0.25, -0.2) is 0 Å². The van der Waals surface area contributed by atoms with Gasteiger partial charge >= 0.3 is 0 Å². The SMILES string of the molecule is CCCNC1COCC1C(=O)N1CCc2ccccc2C1. The lowest BCUT2D eigenvalue weighted by Crippen LogP contribution is -2.47. The first-order chi connectivity index (χ1) is 10.3. The van der Waals surface area contributed by atoms with Crippen LogP contribution in [0.15, 0.2) is 24.3 Å². The molecule has 2 aliphatic heterocycles. The lowest BCUT2D eigenvalue weighted by atomic mass is 9.96. The van der Waals surface area contributed by atoms with Crippen molar-refractivity contribution < 1.29 is 9.53 Å². The summed E-state index contributed by atoms with van der Waals surface area (Å²) in [5.41, 5.74) is 2.67. The third kappa shape index (κ3) is 3.11. The van der Waals surface area contributed by atoms with Crippen LogP contribution in [0.25, 0.3) is 0 Å². The van der Waals surface area contributed by atoms with Crippen LogP contribution >= 0.6 is 0 Å². The van der Waals surface area contributed by atoms with Gasteiger partial charge in [-0.2, -0.15) is 0 Å². The van der Waals surface area contributed by atoms with Gasteiger partial charge in [0.2, 0.25) is 5.91 Å². The largest absolute Gasteiger partial charge is 0.379 e. The number of carbonyl (C=O) groups is 1. The quantitative estimate of drug-likeness (QED) is 0.915. The number of hydrogen-bond donors (Lipinski definition) is 1. The second kappa shape index (κ2) is 6.58. The molecule has 0 aliphatic carbocycles. The lowest BCUT2D eigenvalue weighted by molar-refractivity contribution is -0.137. The Balaban J connectivity index is 1.66. The Kier molecular flexibility index (Phi) is 4.56. The van der Waals surface area contributed by atoms with Crippen molar-refractivity contribution in [1.82, 2.24) is 10.2 Å². The highest BCUT2D eigenvalue weighted by Gasteiger charge is 2.36. The minimum atomic E-state index is -0.0261. The molecule has 4 nitrogen and oxygen atoms in total. The molecule has 1 aromatic rings. The topological polar surface area (TPSA) is 41.6 Å². The summed E-state index contributed by atoms with van der Waals surface area (Å²) in [5.74, 6) is 0.220. The Labute approximate surface area is 126 Å². The smallest absolute Gasteiger partial charge is 0.229 e. The average molecular weight is 288 g/mol. The standard InChI is InChI=1S/C17H24N2O2/c1-2-8-18-16-12-21-11-15(16)17(20)19-9-7-13-5-3-4-6-14(13)10-19/h3-6,15-16,18H,2,7-12H2,1H3. The number of nitrogens with zero attached hydrogens (tertiary/aromatic N) is 1. The van der Waals surface area contributed by atoms with Crippen molar-refractivity contribution in [2.45, 2.75) is 32.4 Å². The zero-order valence-corrected chi connectivity index (χ0v) is 12.7. The van der Waals surface area contributed by atoms with Crippen molar-refractivity contribution in [3.63, 3.8) is 0 Å². The Morgan fingerprint density at radius 1 is 1.33 bits per heavy atom. The molecule has 3 rings (SSSR count). The minimum absolute atomic E-state index is 0.0261. The summed E-state index contributed by atoms with van der Waals surface area (Å²) >= 11 is 0. The molecule has 114 valence electrons. The fourth-order valence-electron chi connectivity index (χ4n) is 3.25. The van der Waals surface area contributed by atoms with Crippen molar-refractivity contribution in [2.75, 3.05) is 26.3 Å². The molecule has 0 bridgehead atoms. The summed E-state index contributed by atoms with van der Waals surface area (Å²) in [6, 6.07) is 8.60. The first kappa shape index (κ1) is 14.5. The van der Waals surface area contributed by atoms with Crippen molar-refractivity contribution in [1.29, 1.82) is 0 Å². The van der Waals surface area contributed by atoms with Gasteiger partial charge in [-0.15, -0.1) is 0 Å². The minimum Gasteiger partial charge on any atom is -0.379 e. The first-order valence-electron chi connectivity index (χ1n) is 7.96. The third-order valence-electron chi connectivity index (χ3n) is 4.50. The highest BCUT2D eigenvalue weighted by molar-refractivity contribution is 5.80. The van der Waals surface area contributed by atoms with Gasteiger partial charge in [0, 0.05) is 19.1 Å². The third-order valence-corrected chi connectivity index (χ3v) is 4.50. The Bertz CT molecular complexity index is 503. The number of nitrogens with one attached hydrogen (secondary N) is 1. The molecule has 0 aromatic heterocycles. The number of rotatable bonds is 4. The molecule has 1 saturated heterocycles. The molecule has 1 aromatic carbocycles. The van der Waals surface area contributed by atoms with Crippen molar-refractivity contribution >= 4 is 5.91 Å². The summed E-state index contributed by atoms with van der Waals surface area (Å²) in [5, 5.41) is 3.45. The fourth-order valence-corrected chi connectivity index (χ4v) is 3.25. The summed E-state index contributed by atoms with van der Waals surface area (Å²) in [6.07, 6.45) is 2.04. The van der Waals surface area contributed by atoms with Gasteiger partial charge in [0.25, 0.3) is 0 Å². The molecule has 2 atom stereocenters. The molecule has 0 spiro atoms. The summed E-state index contributed by atoms with van der Waals surface area (Å²) < 4.78 is 5.54. The van der Waals surface area contributed by atoms with E-state index in [-0.39, 0.29) is 17.9 Å². The molecule has 1 N–H and O–H groups in total. The van der Waals surface area contributed by atoms with E-state index in [9.17, 15) is 4.79 Å². The van der Waals surface area contributed by atoms with E-state index in [1.165, 1.54) is 11.1 Å². The van der Waals surface area contributed by atoms with E-state index in [1.54, 1.807) is 0 Å². The zero-order valence-electron chi connectivity index (χ0n) is 12.7. The summed E-state index contributed by atoms with van der Waals surface area (Å²) in [4.78, 5) is 14.8. The van der Waals surface area contributed by atoms with E-state index < -0.39 is 0 Å². The zero-order chi connectivity index (χ0) is 14.7. The van der Waals surface area contributed by atoms with Crippen LogP contribution in [0.1, 0.15) is 24.5 Å². The van der Waals surface area contributed by atoms with Gasteiger partial charge in [-0.1, -0.05) is 31.2 Å². The van der Waals surface area contributed by atoms with Gasteiger partial charge in [-0.3, -0.25) is 4.79 Å². The van der Waals surface area contributed by atoms with Crippen LogP contribution in [0, 0.1) is 5.92 Å². The normalized spacial score (nSPS) is 24.9. The van der Waals surface area contributed by atoms with Crippen molar-refractivity contribution in [3.8, 4) is 0 Å². The predicted molar refractivity (Wildman–Crippen MR) is 82.0 cm³/mol. The molecule has 2 aliphatic rings. The van der Waals surface area contributed by atoms with Gasteiger partial charge in [-0.05, 0) is 30.5 Å². The maximum Gasteiger partial charge on any atom is 0.229 e. The molecule has 1 amide bonds. The molecule has 0 radical (unpaired) electrons. The highest BCUT2D eigenvalue weighted by Crippen LogP contribution is 2.23. The van der Waals surface area contributed by atoms with E-state index in [0.29, 0.717) is 13.2 Å². The molecular weight excluding hydrogens is 264 g/mol. The van der Waals surface area contributed by atoms with Gasteiger partial charge in [0.1, 0.15) is 0 Å². The van der Waals surface area contributed by atoms with Crippen LogP contribution in [-0.2, 0) is 22.5 Å². The highest BCUT2D eigenvalue weighted by atomic mass is 16.5. The van der Waals surface area contributed by atoms with E-state index in [1.807, 2.05) is 4.90 Å². The Morgan fingerprint density at radius 3 is 2.95 bits per heavy atom. The maximum absolute atomic E-state index is 12.8. The second-order valence-corrected chi connectivity index (χ2v) is 5.98. The van der Waals surface area contributed by atoms with Crippen LogP contribution in [0.4, 0.5) is 0 Å². The number of hydrogen-bond acceptors (Lipinski definition) is 3. The lowest BCUT2D eigenvalue weighted by Gasteiger charge is -2.32. The van der Waals surface area contributed by atoms with Crippen molar-refractivity contribution in [3.05, 3.63) is 35.4 Å². The monoisotopic (exact) mass is 288 g/mol. The Hall–Kier alpha value is -1.39. The summed E-state index contributed by atoms with van der Waals surface area (Å²) in [6.45, 7) is 5.86. The van der Waals surface area contributed by atoms with Crippen LogP contribution in [0.3, 0.4) is 0 Å². The number of amides is 1. The van der Waals surface area contributed by atoms with E-state index >= 15 is 0 Å². The van der Waals surface area contributed by atoms with Crippen LogP contribution in [-0.4, -0.2) is 43.2 Å². The predicted octanol–water partition coefficient (Wildman–Crippen LogP) is 1.59. The average Bonchev–Trinajstić information content (AvgIpc) is 3.00. The number of fused-ring (bicyclic) bond motifs is 1.